The van der Waals surface area contributed by atoms with Gasteiger partial charge in [-0.3, -0.25) is 10.1 Å². The van der Waals surface area contributed by atoms with Crippen LogP contribution in [0.5, 0.6) is 0 Å². The minimum Gasteiger partial charge on any atom is -0.408 e. The van der Waals surface area contributed by atoms with Crippen molar-refractivity contribution in [3.05, 3.63) is 34.4 Å². The minimum atomic E-state index is -3.59. The second-order valence-corrected chi connectivity index (χ2v) is 5.35. The zero-order chi connectivity index (χ0) is 13.3. The second kappa shape index (κ2) is 4.18. The summed E-state index contributed by atoms with van der Waals surface area (Å²) in [4.78, 5) is 10.0. The summed E-state index contributed by atoms with van der Waals surface area (Å²) in [5.74, 6) is -0.0841. The third kappa shape index (κ3) is 2.35. The third-order valence-electron chi connectivity index (χ3n) is 2.03. The zero-order valence-electron chi connectivity index (χ0n) is 9.10. The van der Waals surface area contributed by atoms with Crippen LogP contribution in [0.1, 0.15) is 0 Å². The Morgan fingerprint density at radius 3 is 2.61 bits per heavy atom. The Morgan fingerprint density at radius 1 is 1.33 bits per heavy atom. The van der Waals surface area contributed by atoms with Crippen LogP contribution in [-0.2, 0) is 9.84 Å². The first-order valence-electron chi connectivity index (χ1n) is 4.66. The monoisotopic (exact) mass is 269 g/mol. The van der Waals surface area contributed by atoms with Crippen LogP contribution in [0.4, 0.5) is 5.69 Å². The van der Waals surface area contributed by atoms with Crippen LogP contribution >= 0.6 is 0 Å². The molecule has 2 aromatic rings. The first kappa shape index (κ1) is 12.2. The SMILES string of the molecule is CS(=O)(=O)c1nnc(-c2cccc([N+](=O)[O-])c2)o1. The van der Waals surface area contributed by atoms with Crippen molar-refractivity contribution in [3.63, 3.8) is 0 Å². The lowest BCUT2D eigenvalue weighted by Crippen LogP contribution is -1.96. The second-order valence-electron chi connectivity index (χ2n) is 3.45. The van der Waals surface area contributed by atoms with Crippen LogP contribution in [-0.4, -0.2) is 29.8 Å². The van der Waals surface area contributed by atoms with Crippen molar-refractivity contribution in [2.24, 2.45) is 0 Å². The molecule has 0 saturated heterocycles. The first-order chi connectivity index (χ1) is 8.38. The Balaban J connectivity index is 2.46. The number of sulfone groups is 1. The van der Waals surface area contributed by atoms with Gasteiger partial charge in [-0.25, -0.2) is 8.42 Å². The molecule has 0 unspecified atom stereocenters. The van der Waals surface area contributed by atoms with Crippen LogP contribution < -0.4 is 0 Å². The van der Waals surface area contributed by atoms with E-state index in [4.69, 9.17) is 4.42 Å². The Bertz CT molecular complexity index is 706. The molecule has 18 heavy (non-hydrogen) atoms. The summed E-state index contributed by atoms with van der Waals surface area (Å²) >= 11 is 0. The number of aromatic nitrogens is 2. The highest BCUT2D eigenvalue weighted by Crippen LogP contribution is 2.23. The number of benzene rings is 1. The normalized spacial score (nSPS) is 11.4. The number of nitrogens with zero attached hydrogens (tertiary/aromatic N) is 3. The van der Waals surface area contributed by atoms with Gasteiger partial charge in [-0.15, -0.1) is 5.10 Å². The molecule has 0 aliphatic rings. The Morgan fingerprint density at radius 2 is 2.06 bits per heavy atom. The van der Waals surface area contributed by atoms with Crippen molar-refractivity contribution >= 4 is 15.5 Å². The van der Waals surface area contributed by atoms with E-state index in [1.165, 1.54) is 24.3 Å². The van der Waals surface area contributed by atoms with E-state index >= 15 is 0 Å². The van der Waals surface area contributed by atoms with E-state index in [9.17, 15) is 18.5 Å². The number of nitro groups is 1. The van der Waals surface area contributed by atoms with Crippen molar-refractivity contribution in [3.8, 4) is 11.5 Å². The predicted molar refractivity (Wildman–Crippen MR) is 59.5 cm³/mol. The van der Waals surface area contributed by atoms with E-state index in [0.717, 1.165) is 6.26 Å². The number of non-ortho nitro benzene ring substituents is 1. The molecular weight excluding hydrogens is 262 g/mol. The molecule has 0 amide bonds. The van der Waals surface area contributed by atoms with Crippen LogP contribution in [0.15, 0.2) is 33.9 Å². The predicted octanol–water partition coefficient (Wildman–Crippen LogP) is 1.05. The quantitative estimate of drug-likeness (QED) is 0.603. The minimum absolute atomic E-state index is 0.0841. The Labute approximate surface area is 101 Å². The van der Waals surface area contributed by atoms with Crippen LogP contribution in [0, 0.1) is 10.1 Å². The highest BCUT2D eigenvalue weighted by atomic mass is 32.2. The number of rotatable bonds is 3. The van der Waals surface area contributed by atoms with Crippen molar-refractivity contribution < 1.29 is 17.8 Å². The molecule has 1 aromatic heterocycles. The topological polar surface area (TPSA) is 116 Å². The van der Waals surface area contributed by atoms with Gasteiger partial charge in [-0.05, 0) is 6.07 Å². The smallest absolute Gasteiger partial charge is 0.335 e. The van der Waals surface area contributed by atoms with Gasteiger partial charge in [0.05, 0.1) is 4.92 Å². The summed E-state index contributed by atoms with van der Waals surface area (Å²) in [7, 11) is -3.59. The Kier molecular flexibility index (Phi) is 2.83. The lowest BCUT2D eigenvalue weighted by Gasteiger charge is -1.94. The fourth-order valence-corrected chi connectivity index (χ4v) is 1.65. The molecule has 0 atom stereocenters. The molecule has 0 spiro atoms. The van der Waals surface area contributed by atoms with E-state index in [-0.39, 0.29) is 17.1 Å². The average Bonchev–Trinajstić information content (AvgIpc) is 2.78. The van der Waals surface area contributed by atoms with Gasteiger partial charge in [-0.2, -0.15) is 0 Å². The maximum absolute atomic E-state index is 11.1. The third-order valence-corrected chi connectivity index (χ3v) is 2.83. The van der Waals surface area contributed by atoms with Crippen LogP contribution in [0.3, 0.4) is 0 Å². The first-order valence-corrected chi connectivity index (χ1v) is 6.55. The number of hydrogen-bond donors (Lipinski definition) is 0. The lowest BCUT2D eigenvalue weighted by atomic mass is 10.2. The molecule has 0 aliphatic carbocycles. The molecule has 0 saturated carbocycles. The Hall–Kier alpha value is -2.29. The largest absolute Gasteiger partial charge is 0.408 e. The summed E-state index contributed by atoms with van der Waals surface area (Å²) in [5.41, 5.74) is 0.137. The molecule has 0 radical (unpaired) electrons. The van der Waals surface area contributed by atoms with Crippen molar-refractivity contribution in [2.45, 2.75) is 5.22 Å². The van der Waals surface area contributed by atoms with Crippen LogP contribution in [0.2, 0.25) is 0 Å². The summed E-state index contributed by atoms with van der Waals surface area (Å²) < 4.78 is 27.2. The van der Waals surface area contributed by atoms with Gasteiger partial charge in [0.1, 0.15) is 0 Å². The molecule has 0 bridgehead atoms. The summed E-state index contributed by atoms with van der Waals surface area (Å²) in [6.07, 6.45) is 0.928. The number of nitro benzene ring substituents is 1. The molecule has 0 N–H and O–H groups in total. The van der Waals surface area contributed by atoms with Crippen LogP contribution in [0.25, 0.3) is 11.5 Å². The molecule has 8 nitrogen and oxygen atoms in total. The zero-order valence-corrected chi connectivity index (χ0v) is 9.92. The molecule has 1 heterocycles. The van der Waals surface area contributed by atoms with Crippen molar-refractivity contribution in [1.29, 1.82) is 0 Å². The van der Waals surface area contributed by atoms with Gasteiger partial charge >= 0.3 is 5.22 Å². The summed E-state index contributed by atoms with van der Waals surface area (Å²) in [6.45, 7) is 0. The fourth-order valence-electron chi connectivity index (χ4n) is 1.23. The summed E-state index contributed by atoms with van der Waals surface area (Å²) in [6, 6.07) is 5.47. The van der Waals surface area contributed by atoms with E-state index in [1.54, 1.807) is 0 Å². The molecule has 0 fully saturated rings. The highest BCUT2D eigenvalue weighted by molar-refractivity contribution is 7.90. The number of hydrogen-bond acceptors (Lipinski definition) is 7. The van der Waals surface area contributed by atoms with Gasteiger partial charge in [-0.1, -0.05) is 11.2 Å². The van der Waals surface area contributed by atoms with Gasteiger partial charge in [0.25, 0.3) is 5.69 Å². The van der Waals surface area contributed by atoms with Gasteiger partial charge in [0.2, 0.25) is 15.7 Å². The van der Waals surface area contributed by atoms with E-state index in [1.807, 2.05) is 0 Å². The van der Waals surface area contributed by atoms with E-state index in [2.05, 4.69) is 10.2 Å². The molecular formula is C9H7N3O5S. The maximum Gasteiger partial charge on any atom is 0.335 e. The fraction of sp³-hybridized carbons (Fsp3) is 0.111. The van der Waals surface area contributed by atoms with Gasteiger partial charge in [0, 0.05) is 24.0 Å². The van der Waals surface area contributed by atoms with E-state index in [0.29, 0.717) is 0 Å². The van der Waals surface area contributed by atoms with Gasteiger partial charge in [0.15, 0.2) is 0 Å². The lowest BCUT2D eigenvalue weighted by molar-refractivity contribution is -0.384. The average molecular weight is 269 g/mol. The van der Waals surface area contributed by atoms with Crippen molar-refractivity contribution in [1.82, 2.24) is 10.2 Å². The summed E-state index contributed by atoms with van der Waals surface area (Å²) in [5, 5.41) is 17.0. The highest BCUT2D eigenvalue weighted by Gasteiger charge is 2.18. The molecule has 1 aromatic carbocycles. The molecule has 94 valence electrons. The van der Waals surface area contributed by atoms with Crippen molar-refractivity contribution in [2.75, 3.05) is 6.26 Å². The van der Waals surface area contributed by atoms with E-state index < -0.39 is 20.0 Å². The standard InChI is InChI=1S/C9H7N3O5S/c1-18(15,16)9-11-10-8(17-9)6-3-2-4-7(5-6)12(13)14/h2-5H,1H3. The maximum atomic E-state index is 11.1. The molecule has 9 heteroatoms. The molecule has 0 aliphatic heterocycles. The van der Waals surface area contributed by atoms with Gasteiger partial charge < -0.3 is 4.42 Å². The molecule has 2 rings (SSSR count).